The second-order valence-corrected chi connectivity index (χ2v) is 5.98. The van der Waals surface area contributed by atoms with Crippen LogP contribution in [0.3, 0.4) is 0 Å². The van der Waals surface area contributed by atoms with Gasteiger partial charge in [-0.15, -0.1) is 0 Å². The summed E-state index contributed by atoms with van der Waals surface area (Å²) in [6.45, 7) is 1.53. The van der Waals surface area contributed by atoms with Crippen LogP contribution in [-0.2, 0) is 9.59 Å². The Morgan fingerprint density at radius 3 is 2.56 bits per heavy atom. The van der Waals surface area contributed by atoms with Crippen LogP contribution < -0.4 is 10.2 Å². The van der Waals surface area contributed by atoms with Gasteiger partial charge in [0.2, 0.25) is 11.8 Å². The van der Waals surface area contributed by atoms with Crippen molar-refractivity contribution in [2.45, 2.75) is 13.3 Å². The van der Waals surface area contributed by atoms with Crippen molar-refractivity contribution < 1.29 is 9.59 Å². The molecule has 25 heavy (non-hydrogen) atoms. The lowest BCUT2D eigenvalue weighted by Gasteiger charge is -2.22. The quantitative estimate of drug-likeness (QED) is 0.848. The maximum absolute atomic E-state index is 12.2. The third-order valence-corrected chi connectivity index (χ3v) is 4.30. The molecule has 0 spiro atoms. The summed E-state index contributed by atoms with van der Waals surface area (Å²) in [4.78, 5) is 25.5. The maximum atomic E-state index is 12.2. The minimum Gasteiger partial charge on any atom is -0.325 e. The van der Waals surface area contributed by atoms with Gasteiger partial charge in [0.15, 0.2) is 0 Å². The van der Waals surface area contributed by atoms with Gasteiger partial charge < -0.3 is 10.2 Å². The van der Waals surface area contributed by atoms with Gasteiger partial charge in [0, 0.05) is 19.9 Å². The summed E-state index contributed by atoms with van der Waals surface area (Å²) >= 11 is 12.0. The largest absolute Gasteiger partial charge is 0.325 e. The molecule has 2 amide bonds. The second kappa shape index (κ2) is 8.52. The third kappa shape index (κ3) is 4.72. The minimum atomic E-state index is -0.315. The van der Waals surface area contributed by atoms with Gasteiger partial charge >= 0.3 is 0 Å². The van der Waals surface area contributed by atoms with Crippen molar-refractivity contribution in [3.63, 3.8) is 0 Å². The maximum Gasteiger partial charge on any atom is 0.226 e. The molecule has 0 heterocycles. The van der Waals surface area contributed by atoms with Crippen LogP contribution in [0.4, 0.5) is 11.4 Å². The fourth-order valence-corrected chi connectivity index (χ4v) is 2.63. The highest BCUT2D eigenvalue weighted by atomic mass is 35.5. The molecular weight excluding hydrogens is 361 g/mol. The average Bonchev–Trinajstić information content (AvgIpc) is 2.59. The summed E-state index contributed by atoms with van der Waals surface area (Å²) in [6, 6.07) is 13.7. The van der Waals surface area contributed by atoms with E-state index in [4.69, 9.17) is 23.2 Å². The first-order chi connectivity index (χ1) is 11.9. The van der Waals surface area contributed by atoms with Gasteiger partial charge in [0.1, 0.15) is 6.07 Å². The van der Waals surface area contributed by atoms with Crippen molar-refractivity contribution in [3.8, 4) is 6.07 Å². The molecule has 0 unspecified atom stereocenters. The van der Waals surface area contributed by atoms with Crippen molar-refractivity contribution in [2.24, 2.45) is 0 Å². The van der Waals surface area contributed by atoms with E-state index in [1.54, 1.807) is 42.5 Å². The Morgan fingerprint density at radius 1 is 1.16 bits per heavy atom. The van der Waals surface area contributed by atoms with Crippen molar-refractivity contribution >= 4 is 46.4 Å². The molecule has 0 saturated heterocycles. The van der Waals surface area contributed by atoms with Crippen LogP contribution in [0, 0.1) is 11.3 Å². The molecule has 128 valence electrons. The van der Waals surface area contributed by atoms with E-state index in [1.807, 2.05) is 6.07 Å². The number of rotatable bonds is 5. The Labute approximate surface area is 155 Å². The molecule has 0 aliphatic carbocycles. The summed E-state index contributed by atoms with van der Waals surface area (Å²) < 4.78 is 0. The van der Waals surface area contributed by atoms with E-state index in [9.17, 15) is 14.9 Å². The van der Waals surface area contributed by atoms with Crippen LogP contribution in [-0.4, -0.2) is 18.4 Å². The SMILES string of the molecule is CC(=O)N(CCC(=O)Nc1cccc(Cl)c1Cl)c1ccccc1C#N. The molecule has 0 aliphatic heterocycles. The molecule has 0 saturated carbocycles. The van der Waals surface area contributed by atoms with Gasteiger partial charge in [0.05, 0.1) is 27.0 Å². The number of anilines is 2. The average molecular weight is 376 g/mol. The molecule has 2 rings (SSSR count). The van der Waals surface area contributed by atoms with Crippen molar-refractivity contribution in [1.82, 2.24) is 0 Å². The summed E-state index contributed by atoms with van der Waals surface area (Å²) in [5.41, 5.74) is 1.26. The number of hydrogen-bond acceptors (Lipinski definition) is 3. The van der Waals surface area contributed by atoms with Gasteiger partial charge in [0.25, 0.3) is 0 Å². The predicted octanol–water partition coefficient (Wildman–Crippen LogP) is 4.25. The molecule has 2 aromatic rings. The van der Waals surface area contributed by atoms with Gasteiger partial charge in [-0.3, -0.25) is 9.59 Å². The molecule has 1 N–H and O–H groups in total. The first-order valence-corrected chi connectivity index (χ1v) is 8.20. The molecule has 0 fully saturated rings. The monoisotopic (exact) mass is 375 g/mol. The van der Waals surface area contributed by atoms with Crippen LogP contribution in [0.15, 0.2) is 42.5 Å². The van der Waals surface area contributed by atoms with Gasteiger partial charge in [-0.05, 0) is 24.3 Å². The molecule has 0 bridgehead atoms. The van der Waals surface area contributed by atoms with E-state index in [0.29, 0.717) is 22.0 Å². The van der Waals surface area contributed by atoms with Crippen LogP contribution >= 0.6 is 23.2 Å². The topological polar surface area (TPSA) is 73.2 Å². The predicted molar refractivity (Wildman–Crippen MR) is 98.9 cm³/mol. The number of carbonyl (C=O) groups excluding carboxylic acids is 2. The van der Waals surface area contributed by atoms with E-state index in [0.717, 1.165) is 0 Å². The summed E-state index contributed by atoms with van der Waals surface area (Å²) in [5, 5.41) is 12.5. The second-order valence-electron chi connectivity index (χ2n) is 5.20. The fourth-order valence-electron chi connectivity index (χ4n) is 2.28. The Kier molecular flexibility index (Phi) is 6.40. The van der Waals surface area contributed by atoms with Crippen molar-refractivity contribution in [1.29, 1.82) is 5.26 Å². The first-order valence-electron chi connectivity index (χ1n) is 7.45. The molecule has 7 heteroatoms. The lowest BCUT2D eigenvalue weighted by atomic mass is 10.1. The highest BCUT2D eigenvalue weighted by Gasteiger charge is 2.17. The Bertz CT molecular complexity index is 846. The summed E-state index contributed by atoms with van der Waals surface area (Å²) in [5.74, 6) is -0.568. The van der Waals surface area contributed by atoms with Crippen LogP contribution in [0.5, 0.6) is 0 Å². The molecule has 0 radical (unpaired) electrons. The normalized spacial score (nSPS) is 10.0. The molecule has 0 aliphatic rings. The van der Waals surface area contributed by atoms with Gasteiger partial charge in [-0.2, -0.15) is 5.26 Å². The lowest BCUT2D eigenvalue weighted by molar-refractivity contribution is -0.117. The zero-order valence-electron chi connectivity index (χ0n) is 13.4. The fraction of sp³-hybridized carbons (Fsp3) is 0.167. The van der Waals surface area contributed by atoms with Crippen LogP contribution in [0.25, 0.3) is 0 Å². The summed E-state index contributed by atoms with van der Waals surface area (Å²) in [6.07, 6.45) is 0.0438. The Hall–Kier alpha value is -2.55. The minimum absolute atomic E-state index is 0.0438. The number of halogens is 2. The molecule has 0 aromatic heterocycles. The van der Waals surface area contributed by atoms with E-state index < -0.39 is 0 Å². The van der Waals surface area contributed by atoms with E-state index in [-0.39, 0.29) is 29.8 Å². The zero-order valence-corrected chi connectivity index (χ0v) is 14.9. The molecule has 2 aromatic carbocycles. The Balaban J connectivity index is 2.09. The number of benzene rings is 2. The molecule has 5 nitrogen and oxygen atoms in total. The summed E-state index contributed by atoms with van der Waals surface area (Å²) in [7, 11) is 0. The van der Waals surface area contributed by atoms with Crippen molar-refractivity contribution in [2.75, 3.05) is 16.8 Å². The number of para-hydroxylation sites is 1. The first kappa shape index (κ1) is 18.8. The van der Waals surface area contributed by atoms with Crippen molar-refractivity contribution in [3.05, 3.63) is 58.1 Å². The standard InChI is InChI=1S/C18H15Cl2N3O2/c1-12(24)23(16-8-3-2-5-13(16)11-21)10-9-17(25)22-15-7-4-6-14(19)18(15)20/h2-8H,9-10H2,1H3,(H,22,25). The smallest absolute Gasteiger partial charge is 0.226 e. The number of hydrogen-bond donors (Lipinski definition) is 1. The van der Waals surface area contributed by atoms with Crippen LogP contribution in [0.1, 0.15) is 18.9 Å². The highest BCUT2D eigenvalue weighted by molar-refractivity contribution is 6.43. The van der Waals surface area contributed by atoms with Gasteiger partial charge in [-0.25, -0.2) is 0 Å². The van der Waals surface area contributed by atoms with E-state index >= 15 is 0 Å². The molecule has 0 atom stereocenters. The van der Waals surface area contributed by atoms with Gasteiger partial charge in [-0.1, -0.05) is 41.4 Å². The Morgan fingerprint density at radius 2 is 1.88 bits per heavy atom. The van der Waals surface area contributed by atoms with E-state index in [1.165, 1.54) is 11.8 Å². The zero-order chi connectivity index (χ0) is 18.4. The number of nitrogens with one attached hydrogen (secondary N) is 1. The number of amides is 2. The van der Waals surface area contributed by atoms with E-state index in [2.05, 4.69) is 5.32 Å². The number of carbonyl (C=O) groups is 2. The lowest BCUT2D eigenvalue weighted by Crippen LogP contribution is -2.32. The molecular formula is C18H15Cl2N3O2. The number of nitrogens with zero attached hydrogens (tertiary/aromatic N) is 2. The van der Waals surface area contributed by atoms with Crippen LogP contribution in [0.2, 0.25) is 10.0 Å². The highest BCUT2D eigenvalue weighted by Crippen LogP contribution is 2.29. The number of nitriles is 1. The third-order valence-electron chi connectivity index (χ3n) is 3.48.